The van der Waals surface area contributed by atoms with E-state index in [-0.39, 0.29) is 11.8 Å². The third-order valence-electron chi connectivity index (χ3n) is 6.48. The van der Waals surface area contributed by atoms with Crippen molar-refractivity contribution in [2.75, 3.05) is 18.1 Å². The average Bonchev–Trinajstić information content (AvgIpc) is 3.39. The molecule has 4 aromatic rings. The lowest BCUT2D eigenvalue weighted by molar-refractivity contribution is -0.117. The number of aryl methyl sites for hydroxylation is 3. The van der Waals surface area contributed by atoms with E-state index in [9.17, 15) is 4.79 Å². The summed E-state index contributed by atoms with van der Waals surface area (Å²) in [6.07, 6.45) is 1.33. The Morgan fingerprint density at radius 3 is 2.59 bits per heavy atom. The number of aromatic nitrogens is 2. The number of imidazole rings is 1. The van der Waals surface area contributed by atoms with Gasteiger partial charge in [0.25, 0.3) is 0 Å². The molecule has 0 saturated carbocycles. The zero-order valence-electron chi connectivity index (χ0n) is 19.5. The van der Waals surface area contributed by atoms with E-state index >= 15 is 0 Å². The lowest BCUT2D eigenvalue weighted by Crippen LogP contribution is -2.24. The van der Waals surface area contributed by atoms with Crippen molar-refractivity contribution in [2.45, 2.75) is 39.2 Å². The van der Waals surface area contributed by atoms with E-state index in [1.807, 2.05) is 47.4 Å². The minimum absolute atomic E-state index is 0.0541. The maximum absolute atomic E-state index is 12.9. The standard InChI is InChI=1S/C28H28BrN3O2/c1-19-8-5-9-20(2)27(19)34-15-7-14-31-25-13-4-3-12-24(25)30-28(31)21-16-26(33)32(18-21)23-11-6-10-22(29)17-23/h3-6,8-13,17,21H,7,14-16,18H2,1-2H3. The van der Waals surface area contributed by atoms with Crippen LogP contribution in [0, 0.1) is 13.8 Å². The first-order chi connectivity index (χ1) is 16.5. The molecule has 1 fully saturated rings. The van der Waals surface area contributed by atoms with Crippen LogP contribution in [0.2, 0.25) is 0 Å². The highest BCUT2D eigenvalue weighted by Gasteiger charge is 2.34. The van der Waals surface area contributed by atoms with E-state index in [0.29, 0.717) is 19.6 Å². The van der Waals surface area contributed by atoms with Gasteiger partial charge in [-0.25, -0.2) is 4.98 Å². The van der Waals surface area contributed by atoms with Crippen molar-refractivity contribution in [1.29, 1.82) is 0 Å². The molecule has 1 saturated heterocycles. The molecule has 3 aromatic carbocycles. The fraction of sp³-hybridized carbons (Fsp3) is 0.286. The van der Waals surface area contributed by atoms with Gasteiger partial charge in [-0.15, -0.1) is 0 Å². The summed E-state index contributed by atoms with van der Waals surface area (Å²) in [5, 5.41) is 0. The maximum Gasteiger partial charge on any atom is 0.227 e. The van der Waals surface area contributed by atoms with Crippen LogP contribution in [0.1, 0.15) is 35.7 Å². The van der Waals surface area contributed by atoms with Gasteiger partial charge in [0, 0.05) is 35.6 Å². The molecule has 5 rings (SSSR count). The second-order valence-electron chi connectivity index (χ2n) is 8.92. The van der Waals surface area contributed by atoms with Crippen LogP contribution in [-0.2, 0) is 11.3 Å². The number of rotatable bonds is 7. The predicted molar refractivity (Wildman–Crippen MR) is 140 cm³/mol. The van der Waals surface area contributed by atoms with Gasteiger partial charge in [0.2, 0.25) is 5.91 Å². The molecule has 1 aliphatic rings. The number of benzene rings is 3. The van der Waals surface area contributed by atoms with Crippen LogP contribution >= 0.6 is 15.9 Å². The molecule has 1 unspecified atom stereocenters. The number of nitrogens with zero attached hydrogens (tertiary/aromatic N) is 3. The molecule has 1 aliphatic heterocycles. The SMILES string of the molecule is Cc1cccc(C)c1OCCCn1c(C2CC(=O)N(c3cccc(Br)c3)C2)nc2ccccc21. The fourth-order valence-electron chi connectivity index (χ4n) is 4.84. The van der Waals surface area contributed by atoms with Crippen LogP contribution < -0.4 is 9.64 Å². The molecular formula is C28H28BrN3O2. The van der Waals surface area contributed by atoms with Crippen LogP contribution in [0.3, 0.4) is 0 Å². The van der Waals surface area contributed by atoms with Gasteiger partial charge in [-0.1, -0.05) is 52.3 Å². The molecule has 0 aliphatic carbocycles. The van der Waals surface area contributed by atoms with Crippen LogP contribution in [0.25, 0.3) is 11.0 Å². The van der Waals surface area contributed by atoms with Crippen LogP contribution in [0.15, 0.2) is 71.2 Å². The first kappa shape index (κ1) is 22.7. The number of para-hydroxylation sites is 3. The highest BCUT2D eigenvalue weighted by atomic mass is 79.9. The van der Waals surface area contributed by atoms with Gasteiger partial charge in [0.15, 0.2) is 0 Å². The van der Waals surface area contributed by atoms with Gasteiger partial charge in [0.1, 0.15) is 11.6 Å². The maximum atomic E-state index is 12.9. The molecule has 0 bridgehead atoms. The summed E-state index contributed by atoms with van der Waals surface area (Å²) >= 11 is 3.52. The molecule has 1 atom stereocenters. The largest absolute Gasteiger partial charge is 0.493 e. The number of carbonyl (C=O) groups is 1. The van der Waals surface area contributed by atoms with Crippen molar-refractivity contribution in [3.05, 3.63) is 88.2 Å². The van der Waals surface area contributed by atoms with Crippen LogP contribution in [-0.4, -0.2) is 28.6 Å². The van der Waals surface area contributed by atoms with Crippen LogP contribution in [0.4, 0.5) is 5.69 Å². The minimum atomic E-state index is 0.0541. The Balaban J connectivity index is 1.36. The van der Waals surface area contributed by atoms with E-state index < -0.39 is 0 Å². The lowest BCUT2D eigenvalue weighted by Gasteiger charge is -2.18. The van der Waals surface area contributed by atoms with Crippen molar-refractivity contribution in [1.82, 2.24) is 9.55 Å². The normalized spacial score (nSPS) is 15.9. The highest BCUT2D eigenvalue weighted by Crippen LogP contribution is 2.34. The highest BCUT2D eigenvalue weighted by molar-refractivity contribution is 9.10. The van der Waals surface area contributed by atoms with Gasteiger partial charge in [-0.2, -0.15) is 0 Å². The number of hydrogen-bond acceptors (Lipinski definition) is 3. The van der Waals surface area contributed by atoms with Crippen molar-refractivity contribution < 1.29 is 9.53 Å². The van der Waals surface area contributed by atoms with Gasteiger partial charge in [0.05, 0.1) is 17.6 Å². The number of anilines is 1. The van der Waals surface area contributed by atoms with Gasteiger partial charge < -0.3 is 14.2 Å². The Morgan fingerprint density at radius 1 is 1.03 bits per heavy atom. The Bertz CT molecular complexity index is 1330. The average molecular weight is 518 g/mol. The van der Waals surface area contributed by atoms with Crippen LogP contribution in [0.5, 0.6) is 5.75 Å². The first-order valence-electron chi connectivity index (χ1n) is 11.7. The molecule has 0 radical (unpaired) electrons. The van der Waals surface area contributed by atoms with Gasteiger partial charge in [-0.3, -0.25) is 4.79 Å². The van der Waals surface area contributed by atoms with Crippen molar-refractivity contribution in [3.8, 4) is 5.75 Å². The number of carbonyl (C=O) groups excluding carboxylic acids is 1. The Kier molecular flexibility index (Phi) is 6.42. The van der Waals surface area contributed by atoms with Crippen molar-refractivity contribution >= 4 is 38.6 Å². The zero-order chi connectivity index (χ0) is 23.7. The summed E-state index contributed by atoms with van der Waals surface area (Å²) < 4.78 is 9.40. The first-order valence-corrected chi connectivity index (χ1v) is 12.5. The van der Waals surface area contributed by atoms with E-state index in [0.717, 1.165) is 56.9 Å². The summed E-state index contributed by atoms with van der Waals surface area (Å²) in [6, 6.07) is 22.4. The topological polar surface area (TPSA) is 47.4 Å². The monoisotopic (exact) mass is 517 g/mol. The molecule has 0 spiro atoms. The predicted octanol–water partition coefficient (Wildman–Crippen LogP) is 6.41. The molecule has 0 N–H and O–H groups in total. The van der Waals surface area contributed by atoms with Gasteiger partial charge in [-0.05, 0) is 61.7 Å². The lowest BCUT2D eigenvalue weighted by atomic mass is 10.1. The van der Waals surface area contributed by atoms with E-state index in [2.05, 4.69) is 58.6 Å². The number of hydrogen-bond donors (Lipinski definition) is 0. The summed E-state index contributed by atoms with van der Waals surface area (Å²) in [5.41, 5.74) is 5.32. The number of ether oxygens (including phenoxy) is 1. The van der Waals surface area contributed by atoms with Gasteiger partial charge >= 0.3 is 0 Å². The molecule has 1 aromatic heterocycles. The molecule has 2 heterocycles. The molecule has 6 heteroatoms. The second-order valence-corrected chi connectivity index (χ2v) is 9.83. The Hall–Kier alpha value is -3.12. The zero-order valence-corrected chi connectivity index (χ0v) is 21.1. The number of fused-ring (bicyclic) bond motifs is 1. The number of amides is 1. The molecular weight excluding hydrogens is 490 g/mol. The minimum Gasteiger partial charge on any atom is -0.493 e. The molecule has 174 valence electrons. The summed E-state index contributed by atoms with van der Waals surface area (Å²) in [7, 11) is 0. The van der Waals surface area contributed by atoms with E-state index in [1.54, 1.807) is 0 Å². The smallest absolute Gasteiger partial charge is 0.227 e. The fourth-order valence-corrected chi connectivity index (χ4v) is 5.23. The summed E-state index contributed by atoms with van der Waals surface area (Å²) in [5.74, 6) is 2.15. The Labute approximate surface area is 208 Å². The third-order valence-corrected chi connectivity index (χ3v) is 6.97. The molecule has 34 heavy (non-hydrogen) atoms. The third kappa shape index (κ3) is 4.47. The summed E-state index contributed by atoms with van der Waals surface area (Å²) in [4.78, 5) is 19.8. The van der Waals surface area contributed by atoms with E-state index in [1.165, 1.54) is 0 Å². The van der Waals surface area contributed by atoms with Crippen molar-refractivity contribution in [3.63, 3.8) is 0 Å². The second kappa shape index (κ2) is 9.63. The van der Waals surface area contributed by atoms with E-state index in [4.69, 9.17) is 9.72 Å². The molecule has 1 amide bonds. The quantitative estimate of drug-likeness (QED) is 0.266. The van der Waals surface area contributed by atoms with Crippen molar-refractivity contribution in [2.24, 2.45) is 0 Å². The summed E-state index contributed by atoms with van der Waals surface area (Å²) in [6.45, 7) is 6.22. The Morgan fingerprint density at radius 2 is 1.79 bits per heavy atom. The molecule has 5 nitrogen and oxygen atoms in total. The number of halogens is 1.